The smallest absolute Gasteiger partial charge is 0.253 e. The first-order valence-corrected chi connectivity index (χ1v) is 7.57. The molecule has 1 saturated heterocycles. The number of hydrogen-bond acceptors (Lipinski definition) is 3. The fourth-order valence-electron chi connectivity index (χ4n) is 2.99. The summed E-state index contributed by atoms with van der Waals surface area (Å²) in [5.74, 6) is 0.124. The highest BCUT2D eigenvalue weighted by molar-refractivity contribution is 5.96. The van der Waals surface area contributed by atoms with Crippen LogP contribution in [-0.2, 0) is 17.8 Å². The SMILES string of the molecule is CN1CCN(C(=O)Cn2ccc3c2CCCNC3=O)CC1. The molecule has 1 aromatic rings. The molecule has 21 heavy (non-hydrogen) atoms. The molecule has 0 unspecified atom stereocenters. The van der Waals surface area contributed by atoms with Crippen molar-refractivity contribution < 1.29 is 9.59 Å². The van der Waals surface area contributed by atoms with Crippen LogP contribution < -0.4 is 5.32 Å². The van der Waals surface area contributed by atoms with E-state index < -0.39 is 0 Å². The van der Waals surface area contributed by atoms with Gasteiger partial charge in [0.25, 0.3) is 5.91 Å². The van der Waals surface area contributed by atoms with E-state index >= 15 is 0 Å². The summed E-state index contributed by atoms with van der Waals surface area (Å²) in [5.41, 5.74) is 1.71. The van der Waals surface area contributed by atoms with Crippen molar-refractivity contribution in [1.82, 2.24) is 19.7 Å². The number of likely N-dealkylation sites (N-methyl/N-ethyl adjacent to an activating group) is 1. The molecule has 2 amide bonds. The van der Waals surface area contributed by atoms with E-state index in [1.807, 2.05) is 21.7 Å². The van der Waals surface area contributed by atoms with Crippen LogP contribution in [0.15, 0.2) is 12.3 Å². The number of nitrogens with one attached hydrogen (secondary N) is 1. The van der Waals surface area contributed by atoms with Crippen molar-refractivity contribution in [2.45, 2.75) is 19.4 Å². The number of piperazine rings is 1. The normalized spacial score (nSPS) is 19.9. The molecular formula is C15H22N4O2. The Labute approximate surface area is 124 Å². The fourth-order valence-corrected chi connectivity index (χ4v) is 2.99. The van der Waals surface area contributed by atoms with Gasteiger partial charge in [-0.25, -0.2) is 0 Å². The number of amides is 2. The maximum atomic E-state index is 12.4. The zero-order valence-electron chi connectivity index (χ0n) is 12.5. The van der Waals surface area contributed by atoms with Crippen LogP contribution in [0.4, 0.5) is 0 Å². The van der Waals surface area contributed by atoms with Crippen LogP contribution in [0.3, 0.4) is 0 Å². The van der Waals surface area contributed by atoms with Gasteiger partial charge in [-0.1, -0.05) is 0 Å². The first kappa shape index (κ1) is 14.1. The lowest BCUT2D eigenvalue weighted by Crippen LogP contribution is -2.48. The molecule has 0 atom stereocenters. The van der Waals surface area contributed by atoms with Crippen LogP contribution in [0.1, 0.15) is 22.5 Å². The van der Waals surface area contributed by atoms with Crippen molar-refractivity contribution >= 4 is 11.8 Å². The Bertz CT molecular complexity index is 544. The summed E-state index contributed by atoms with van der Waals surface area (Å²) < 4.78 is 1.95. The van der Waals surface area contributed by atoms with Gasteiger partial charge in [-0.3, -0.25) is 9.59 Å². The minimum absolute atomic E-state index is 0.0201. The predicted octanol–water partition coefficient (Wildman–Crippen LogP) is -0.0619. The summed E-state index contributed by atoms with van der Waals surface area (Å²) in [6, 6.07) is 1.83. The molecule has 1 aromatic heterocycles. The summed E-state index contributed by atoms with van der Waals surface area (Å²) in [6.07, 6.45) is 3.63. The molecule has 114 valence electrons. The molecule has 6 heteroatoms. The lowest BCUT2D eigenvalue weighted by atomic mass is 10.2. The standard InChI is InChI=1S/C15H22N4O2/c1-17-7-9-18(10-8-17)14(20)11-19-6-4-12-13(19)3-2-5-16-15(12)21/h4,6H,2-3,5,7-11H2,1H3,(H,16,21). The van der Waals surface area contributed by atoms with Crippen molar-refractivity contribution in [2.24, 2.45) is 0 Å². The topological polar surface area (TPSA) is 57.6 Å². The summed E-state index contributed by atoms with van der Waals surface area (Å²) in [4.78, 5) is 28.5. The van der Waals surface area contributed by atoms with E-state index in [9.17, 15) is 9.59 Å². The molecule has 1 N–H and O–H groups in total. The fraction of sp³-hybridized carbons (Fsp3) is 0.600. The van der Waals surface area contributed by atoms with Gasteiger partial charge in [-0.05, 0) is 26.0 Å². The largest absolute Gasteiger partial charge is 0.352 e. The molecular weight excluding hydrogens is 268 g/mol. The highest BCUT2D eigenvalue weighted by Gasteiger charge is 2.23. The maximum Gasteiger partial charge on any atom is 0.253 e. The monoisotopic (exact) mass is 290 g/mol. The van der Waals surface area contributed by atoms with Gasteiger partial charge < -0.3 is 19.7 Å². The molecule has 0 radical (unpaired) electrons. The third-order valence-corrected chi connectivity index (χ3v) is 4.36. The van der Waals surface area contributed by atoms with E-state index in [4.69, 9.17) is 0 Å². The number of carbonyl (C=O) groups excluding carboxylic acids is 2. The van der Waals surface area contributed by atoms with Gasteiger partial charge in [-0.15, -0.1) is 0 Å². The average Bonchev–Trinajstić information content (AvgIpc) is 2.77. The molecule has 0 saturated carbocycles. The number of carbonyl (C=O) groups is 2. The molecule has 0 spiro atoms. The van der Waals surface area contributed by atoms with E-state index in [0.29, 0.717) is 13.1 Å². The second kappa shape index (κ2) is 5.89. The van der Waals surface area contributed by atoms with Crippen LogP contribution in [0, 0.1) is 0 Å². The second-order valence-corrected chi connectivity index (χ2v) is 5.85. The molecule has 2 aliphatic rings. The zero-order valence-corrected chi connectivity index (χ0v) is 12.5. The van der Waals surface area contributed by atoms with Gasteiger partial charge in [0.05, 0.1) is 5.56 Å². The van der Waals surface area contributed by atoms with Crippen LogP contribution in [0.5, 0.6) is 0 Å². The number of nitrogens with zero attached hydrogens (tertiary/aromatic N) is 3. The van der Waals surface area contributed by atoms with Crippen LogP contribution in [0.25, 0.3) is 0 Å². The summed E-state index contributed by atoms with van der Waals surface area (Å²) in [7, 11) is 2.08. The van der Waals surface area contributed by atoms with Crippen molar-refractivity contribution in [3.8, 4) is 0 Å². The minimum Gasteiger partial charge on any atom is -0.352 e. The van der Waals surface area contributed by atoms with E-state index in [1.165, 1.54) is 0 Å². The number of hydrogen-bond donors (Lipinski definition) is 1. The summed E-state index contributed by atoms with van der Waals surface area (Å²) in [6.45, 7) is 4.49. The highest BCUT2D eigenvalue weighted by Crippen LogP contribution is 2.16. The van der Waals surface area contributed by atoms with Crippen molar-refractivity contribution in [3.63, 3.8) is 0 Å². The van der Waals surface area contributed by atoms with Gasteiger partial charge in [0.15, 0.2) is 0 Å². The Kier molecular flexibility index (Phi) is 3.96. The minimum atomic E-state index is -0.0201. The van der Waals surface area contributed by atoms with Crippen LogP contribution >= 0.6 is 0 Å². The molecule has 3 rings (SSSR count). The lowest BCUT2D eigenvalue weighted by molar-refractivity contribution is -0.133. The third kappa shape index (κ3) is 2.95. The van der Waals surface area contributed by atoms with E-state index in [-0.39, 0.29) is 11.8 Å². The van der Waals surface area contributed by atoms with Crippen LogP contribution in [0.2, 0.25) is 0 Å². The number of rotatable bonds is 2. The number of fused-ring (bicyclic) bond motifs is 1. The zero-order chi connectivity index (χ0) is 14.8. The number of aromatic nitrogens is 1. The molecule has 1 fully saturated rings. The van der Waals surface area contributed by atoms with Crippen molar-refractivity contribution in [3.05, 3.63) is 23.5 Å². The van der Waals surface area contributed by atoms with Gasteiger partial charge in [-0.2, -0.15) is 0 Å². The Hall–Kier alpha value is -1.82. The second-order valence-electron chi connectivity index (χ2n) is 5.85. The first-order valence-electron chi connectivity index (χ1n) is 7.57. The molecule has 0 aromatic carbocycles. The molecule has 0 bridgehead atoms. The van der Waals surface area contributed by atoms with Crippen molar-refractivity contribution in [1.29, 1.82) is 0 Å². The van der Waals surface area contributed by atoms with Gasteiger partial charge >= 0.3 is 0 Å². The third-order valence-electron chi connectivity index (χ3n) is 4.36. The molecule has 3 heterocycles. The van der Waals surface area contributed by atoms with E-state index in [1.54, 1.807) is 0 Å². The van der Waals surface area contributed by atoms with Gasteiger partial charge in [0.2, 0.25) is 5.91 Å². The Morgan fingerprint density at radius 2 is 2.05 bits per heavy atom. The first-order chi connectivity index (χ1) is 10.1. The quantitative estimate of drug-likeness (QED) is 0.830. The van der Waals surface area contributed by atoms with Gasteiger partial charge in [0.1, 0.15) is 6.54 Å². The van der Waals surface area contributed by atoms with Crippen molar-refractivity contribution in [2.75, 3.05) is 39.8 Å². The molecule has 6 nitrogen and oxygen atoms in total. The van der Waals surface area contributed by atoms with E-state index in [2.05, 4.69) is 17.3 Å². The van der Waals surface area contributed by atoms with Gasteiger partial charge in [0, 0.05) is 44.6 Å². The Morgan fingerprint density at radius 1 is 1.29 bits per heavy atom. The summed E-state index contributed by atoms with van der Waals surface area (Å²) >= 11 is 0. The lowest BCUT2D eigenvalue weighted by Gasteiger charge is -2.32. The average molecular weight is 290 g/mol. The Morgan fingerprint density at radius 3 is 2.81 bits per heavy atom. The molecule has 0 aliphatic carbocycles. The maximum absolute atomic E-state index is 12.4. The Balaban J connectivity index is 1.71. The summed E-state index contributed by atoms with van der Waals surface area (Å²) in [5, 5.41) is 2.88. The predicted molar refractivity (Wildman–Crippen MR) is 79.2 cm³/mol. The van der Waals surface area contributed by atoms with E-state index in [0.717, 1.165) is 50.3 Å². The molecule has 2 aliphatic heterocycles. The van der Waals surface area contributed by atoms with Crippen LogP contribution in [-0.4, -0.2) is 66.0 Å². The highest BCUT2D eigenvalue weighted by atomic mass is 16.2.